The number of aromatic nitrogens is 2. The monoisotopic (exact) mass is 680 g/mol. The quantitative estimate of drug-likeness (QED) is 0.146. The van der Waals surface area contributed by atoms with Crippen LogP contribution in [0.5, 0.6) is 11.5 Å². The Balaban J connectivity index is 1.69. The van der Waals surface area contributed by atoms with E-state index in [0.29, 0.717) is 55.3 Å². The molecule has 1 saturated heterocycles. The summed E-state index contributed by atoms with van der Waals surface area (Å²) in [6.45, 7) is 2.58. The lowest BCUT2D eigenvalue weighted by Gasteiger charge is -2.26. The highest BCUT2D eigenvalue weighted by Crippen LogP contribution is 2.41. The summed E-state index contributed by atoms with van der Waals surface area (Å²) < 4.78 is 59.1. The summed E-state index contributed by atoms with van der Waals surface area (Å²) in [6.07, 6.45) is -3.17. The van der Waals surface area contributed by atoms with Crippen molar-refractivity contribution in [1.29, 1.82) is 0 Å². The van der Waals surface area contributed by atoms with Crippen LogP contribution in [0, 0.1) is 0 Å². The number of likely N-dealkylation sites (N-methyl/N-ethyl adjacent to an activating group) is 2. The highest BCUT2D eigenvalue weighted by Gasteiger charge is 2.36. The molecule has 1 amide bonds. The number of carbonyl (C=O) groups is 1. The number of halogens is 4. The minimum atomic E-state index is -4.78. The lowest BCUT2D eigenvalue weighted by molar-refractivity contribution is -0.137. The van der Waals surface area contributed by atoms with Gasteiger partial charge in [-0.2, -0.15) is 18.2 Å². The minimum Gasteiger partial charge on any atom is -0.494 e. The first kappa shape index (κ1) is 35.6. The van der Waals surface area contributed by atoms with Gasteiger partial charge < -0.3 is 45.3 Å². The summed E-state index contributed by atoms with van der Waals surface area (Å²) in [7, 11) is 8.60. The first-order valence-corrected chi connectivity index (χ1v) is 15.4. The van der Waals surface area contributed by atoms with Crippen LogP contribution >= 0.6 is 11.6 Å². The zero-order valence-corrected chi connectivity index (χ0v) is 27.7. The predicted octanol–water partition coefficient (Wildman–Crippen LogP) is 5.77. The third kappa shape index (κ3) is 9.65. The van der Waals surface area contributed by atoms with Crippen LogP contribution in [-0.2, 0) is 15.7 Å². The Hall–Kier alpha value is -4.21. The maximum Gasteiger partial charge on any atom is 0.421 e. The number of rotatable bonds is 15. The molecule has 256 valence electrons. The molecular formula is C31H40ClF3N8O4. The summed E-state index contributed by atoms with van der Waals surface area (Å²) in [5.41, 5.74) is 1.23. The molecule has 4 N–H and O–H groups in total. The molecule has 1 atom stereocenters. The zero-order valence-electron chi connectivity index (χ0n) is 26.9. The number of methoxy groups -OCH3 is 2. The van der Waals surface area contributed by atoms with Crippen molar-refractivity contribution in [2.24, 2.45) is 0 Å². The fourth-order valence-electron chi connectivity index (χ4n) is 4.78. The molecule has 1 aliphatic rings. The Morgan fingerprint density at radius 1 is 1.04 bits per heavy atom. The van der Waals surface area contributed by atoms with E-state index in [1.165, 1.54) is 20.3 Å². The van der Waals surface area contributed by atoms with Crippen molar-refractivity contribution in [1.82, 2.24) is 14.9 Å². The van der Waals surface area contributed by atoms with E-state index >= 15 is 0 Å². The summed E-state index contributed by atoms with van der Waals surface area (Å²) in [5.74, 6) is -0.235. The maximum atomic E-state index is 14.2. The van der Waals surface area contributed by atoms with Gasteiger partial charge in [-0.3, -0.25) is 4.79 Å². The van der Waals surface area contributed by atoms with Crippen LogP contribution < -0.4 is 35.6 Å². The van der Waals surface area contributed by atoms with E-state index in [1.54, 1.807) is 18.2 Å². The standard InChI is InChI=1S/C31H40ClF3N8O4/c1-42(2)11-12-43(3)25-16-27(46-5)24(15-23(25)38-28(44)8-10-32)39-29-21(31(33,34)35)17-36-30(41-29)40-22-7-6-19(14-26(22)45-4)37-20-9-13-47-18-20/h6-7,14-17,20,37H,8-13,18H2,1-5H3,(H,38,44)(H2,36,39,40,41). The van der Waals surface area contributed by atoms with E-state index in [1.807, 2.05) is 37.0 Å². The van der Waals surface area contributed by atoms with E-state index in [9.17, 15) is 18.0 Å². The highest BCUT2D eigenvalue weighted by atomic mass is 35.5. The molecule has 4 rings (SSSR count). The van der Waals surface area contributed by atoms with Gasteiger partial charge in [-0.1, -0.05) is 0 Å². The SMILES string of the molecule is COc1cc(NC2CCOC2)ccc1Nc1ncc(C(F)(F)F)c(Nc2cc(NC(=O)CCCl)c(N(C)CCN(C)C)cc2OC)n1. The van der Waals surface area contributed by atoms with Crippen LogP contribution in [0.1, 0.15) is 18.4 Å². The number of anilines is 7. The number of nitrogens with one attached hydrogen (secondary N) is 4. The van der Waals surface area contributed by atoms with Crippen LogP contribution in [0.4, 0.5) is 53.4 Å². The lowest BCUT2D eigenvalue weighted by Crippen LogP contribution is -2.29. The number of benzene rings is 2. The molecule has 2 aromatic carbocycles. The van der Waals surface area contributed by atoms with Gasteiger partial charge in [0.05, 0.1) is 49.6 Å². The molecule has 1 unspecified atom stereocenters. The number of hydrogen-bond acceptors (Lipinski definition) is 11. The van der Waals surface area contributed by atoms with E-state index in [4.69, 9.17) is 25.8 Å². The van der Waals surface area contributed by atoms with Crippen LogP contribution in [0.2, 0.25) is 0 Å². The third-order valence-corrected chi connectivity index (χ3v) is 7.49. The molecule has 1 fully saturated rings. The van der Waals surface area contributed by atoms with Crippen LogP contribution in [-0.4, -0.2) is 94.4 Å². The smallest absolute Gasteiger partial charge is 0.421 e. The fourth-order valence-corrected chi connectivity index (χ4v) is 4.95. The van der Waals surface area contributed by atoms with Gasteiger partial charge in [0, 0.05) is 63.1 Å². The Morgan fingerprint density at radius 2 is 1.79 bits per heavy atom. The topological polar surface area (TPSA) is 125 Å². The summed E-state index contributed by atoms with van der Waals surface area (Å²) in [6, 6.07) is 8.62. The van der Waals surface area contributed by atoms with Gasteiger partial charge in [-0.25, -0.2) is 4.98 Å². The average molecular weight is 681 g/mol. The van der Waals surface area contributed by atoms with Gasteiger partial charge in [0.15, 0.2) is 0 Å². The molecule has 1 aromatic heterocycles. The van der Waals surface area contributed by atoms with Crippen molar-refractivity contribution in [3.63, 3.8) is 0 Å². The normalized spacial score (nSPS) is 14.6. The zero-order chi connectivity index (χ0) is 34.1. The molecule has 3 aromatic rings. The maximum absolute atomic E-state index is 14.2. The summed E-state index contributed by atoms with van der Waals surface area (Å²) in [4.78, 5) is 24.6. The first-order valence-electron chi connectivity index (χ1n) is 14.9. The molecule has 0 radical (unpaired) electrons. The van der Waals surface area contributed by atoms with Gasteiger partial charge in [-0.05, 0) is 38.7 Å². The van der Waals surface area contributed by atoms with Crippen LogP contribution in [0.25, 0.3) is 0 Å². The molecule has 2 heterocycles. The van der Waals surface area contributed by atoms with E-state index in [0.717, 1.165) is 12.1 Å². The van der Waals surface area contributed by atoms with Crippen molar-refractivity contribution in [2.45, 2.75) is 25.1 Å². The number of ether oxygens (including phenoxy) is 3. The predicted molar refractivity (Wildman–Crippen MR) is 178 cm³/mol. The lowest BCUT2D eigenvalue weighted by atomic mass is 10.1. The van der Waals surface area contributed by atoms with Crippen LogP contribution in [0.15, 0.2) is 36.5 Å². The number of carbonyl (C=O) groups excluding carboxylic acids is 1. The Morgan fingerprint density at radius 3 is 2.43 bits per heavy atom. The van der Waals surface area contributed by atoms with E-state index in [-0.39, 0.29) is 41.6 Å². The van der Waals surface area contributed by atoms with Crippen molar-refractivity contribution >= 4 is 57.7 Å². The van der Waals surface area contributed by atoms with E-state index < -0.39 is 17.6 Å². The average Bonchev–Trinajstić information content (AvgIpc) is 3.53. The molecular weight excluding hydrogens is 641 g/mol. The van der Waals surface area contributed by atoms with Gasteiger partial charge in [0.1, 0.15) is 22.9 Å². The summed E-state index contributed by atoms with van der Waals surface area (Å²) >= 11 is 5.78. The highest BCUT2D eigenvalue weighted by molar-refractivity contribution is 6.19. The molecule has 16 heteroatoms. The second-order valence-corrected chi connectivity index (χ2v) is 11.5. The second kappa shape index (κ2) is 16.1. The number of hydrogen-bond donors (Lipinski definition) is 4. The number of alkyl halides is 4. The largest absolute Gasteiger partial charge is 0.494 e. The molecule has 1 aliphatic heterocycles. The molecule has 12 nitrogen and oxygen atoms in total. The van der Waals surface area contributed by atoms with Crippen molar-refractivity contribution in [3.05, 3.63) is 42.1 Å². The number of nitrogens with zero attached hydrogens (tertiary/aromatic N) is 4. The third-order valence-electron chi connectivity index (χ3n) is 7.30. The van der Waals surface area contributed by atoms with Gasteiger partial charge in [-0.15, -0.1) is 11.6 Å². The molecule has 0 spiro atoms. The Bertz CT molecular complexity index is 1520. The number of amides is 1. The second-order valence-electron chi connectivity index (χ2n) is 11.1. The Kier molecular flexibility index (Phi) is 12.2. The Labute approximate surface area is 276 Å². The van der Waals surface area contributed by atoms with Crippen molar-refractivity contribution in [2.75, 3.05) is 93.7 Å². The van der Waals surface area contributed by atoms with E-state index in [2.05, 4.69) is 31.2 Å². The fraction of sp³-hybridized carbons (Fsp3) is 0.452. The van der Waals surface area contributed by atoms with Gasteiger partial charge in [0.25, 0.3) is 0 Å². The molecule has 0 bridgehead atoms. The molecule has 47 heavy (non-hydrogen) atoms. The molecule has 0 aliphatic carbocycles. The van der Waals surface area contributed by atoms with Gasteiger partial charge in [0.2, 0.25) is 11.9 Å². The summed E-state index contributed by atoms with van der Waals surface area (Å²) in [5, 5.41) is 11.9. The molecule has 0 saturated carbocycles. The van der Waals surface area contributed by atoms with Crippen LogP contribution in [0.3, 0.4) is 0 Å². The minimum absolute atomic E-state index is 0.0475. The van der Waals surface area contributed by atoms with Gasteiger partial charge >= 0.3 is 6.18 Å². The first-order chi connectivity index (χ1) is 22.4. The van der Waals surface area contributed by atoms with Crippen molar-refractivity contribution in [3.8, 4) is 11.5 Å². The van der Waals surface area contributed by atoms with Crippen molar-refractivity contribution < 1.29 is 32.2 Å².